The Labute approximate surface area is 128 Å². The molecule has 3 nitrogen and oxygen atoms in total. The molecule has 0 spiro atoms. The van der Waals surface area contributed by atoms with E-state index in [2.05, 4.69) is 24.8 Å². The number of benzene rings is 1. The van der Waals surface area contributed by atoms with Gasteiger partial charge in [-0.2, -0.15) is 0 Å². The largest absolute Gasteiger partial charge is 0.493 e. The monoisotopic (exact) mass is 299 g/mol. The minimum atomic E-state index is 0. The molecule has 0 bridgehead atoms. The highest BCUT2D eigenvalue weighted by molar-refractivity contribution is 5.85. The first-order valence-electron chi connectivity index (χ1n) is 7.21. The lowest BCUT2D eigenvalue weighted by molar-refractivity contribution is 0.282. The first-order valence-corrected chi connectivity index (χ1v) is 7.21. The van der Waals surface area contributed by atoms with E-state index in [1.165, 1.54) is 17.5 Å². The maximum atomic E-state index is 5.55. The molecule has 1 unspecified atom stereocenters. The summed E-state index contributed by atoms with van der Waals surface area (Å²) in [6.07, 6.45) is 2.32. The van der Waals surface area contributed by atoms with E-state index in [4.69, 9.17) is 9.47 Å². The first-order chi connectivity index (χ1) is 9.24. The number of nitrogens with zero attached hydrogens (tertiary/aromatic N) is 1. The van der Waals surface area contributed by atoms with E-state index in [0.717, 1.165) is 37.6 Å². The van der Waals surface area contributed by atoms with E-state index in [1.54, 1.807) is 14.2 Å². The molecule has 0 saturated carbocycles. The van der Waals surface area contributed by atoms with E-state index in [0.29, 0.717) is 5.92 Å². The molecule has 2 rings (SSSR count). The van der Waals surface area contributed by atoms with Crippen LogP contribution in [0, 0.1) is 0 Å². The normalized spacial score (nSPS) is 16.8. The van der Waals surface area contributed by atoms with Crippen LogP contribution in [0.2, 0.25) is 0 Å². The molecule has 1 aromatic carbocycles. The number of rotatable bonds is 6. The van der Waals surface area contributed by atoms with Crippen LogP contribution in [0.3, 0.4) is 0 Å². The molecule has 0 saturated heterocycles. The van der Waals surface area contributed by atoms with Crippen molar-refractivity contribution < 1.29 is 9.47 Å². The van der Waals surface area contributed by atoms with E-state index in [-0.39, 0.29) is 12.4 Å². The number of hydrogen-bond donors (Lipinski definition) is 0. The lowest BCUT2D eigenvalue weighted by Crippen LogP contribution is -2.27. The number of likely N-dealkylation sites (N-methyl/N-ethyl adjacent to an activating group) is 1. The predicted molar refractivity (Wildman–Crippen MR) is 85.6 cm³/mol. The van der Waals surface area contributed by atoms with Gasteiger partial charge in [0.25, 0.3) is 0 Å². The van der Waals surface area contributed by atoms with Crippen molar-refractivity contribution in [1.29, 1.82) is 0 Å². The summed E-state index contributed by atoms with van der Waals surface area (Å²) in [6, 6.07) is 4.26. The second-order valence-corrected chi connectivity index (χ2v) is 5.09. The predicted octanol–water partition coefficient (Wildman–Crippen LogP) is 3.50. The van der Waals surface area contributed by atoms with Crippen LogP contribution in [0.5, 0.6) is 11.5 Å². The molecule has 0 aromatic heterocycles. The van der Waals surface area contributed by atoms with Gasteiger partial charge in [0.05, 0.1) is 14.2 Å². The van der Waals surface area contributed by atoms with Crippen molar-refractivity contribution in [2.45, 2.75) is 32.6 Å². The van der Waals surface area contributed by atoms with Crippen molar-refractivity contribution in [3.63, 3.8) is 0 Å². The summed E-state index contributed by atoms with van der Waals surface area (Å²) < 4.78 is 10.9. The highest BCUT2D eigenvalue weighted by Crippen LogP contribution is 2.43. The molecule has 0 radical (unpaired) electrons. The maximum Gasteiger partial charge on any atom is 0.164 e. The smallest absolute Gasteiger partial charge is 0.164 e. The van der Waals surface area contributed by atoms with Crippen molar-refractivity contribution in [2.24, 2.45) is 0 Å². The molecule has 0 fully saturated rings. The van der Waals surface area contributed by atoms with Gasteiger partial charge in [-0.1, -0.05) is 19.9 Å². The third-order valence-corrected chi connectivity index (χ3v) is 4.24. The summed E-state index contributed by atoms with van der Waals surface area (Å²) in [5.41, 5.74) is 2.79. The van der Waals surface area contributed by atoms with Gasteiger partial charge in [0.15, 0.2) is 11.5 Å². The average molecular weight is 300 g/mol. The fourth-order valence-electron chi connectivity index (χ4n) is 3.10. The third-order valence-electron chi connectivity index (χ3n) is 4.24. The summed E-state index contributed by atoms with van der Waals surface area (Å²) in [5.74, 6) is 2.42. The maximum absolute atomic E-state index is 5.55. The van der Waals surface area contributed by atoms with E-state index >= 15 is 0 Å². The Morgan fingerprint density at radius 3 is 2.40 bits per heavy atom. The van der Waals surface area contributed by atoms with Crippen LogP contribution in [-0.2, 0) is 6.42 Å². The van der Waals surface area contributed by atoms with Gasteiger partial charge in [0.2, 0.25) is 0 Å². The number of methoxy groups -OCH3 is 2. The van der Waals surface area contributed by atoms with Crippen molar-refractivity contribution in [1.82, 2.24) is 4.90 Å². The SMILES string of the molecule is CCN(CC)CC1CCc2c1ccc(OC)c2OC.Cl. The highest BCUT2D eigenvalue weighted by atomic mass is 35.5. The molecular weight excluding hydrogens is 274 g/mol. The molecule has 20 heavy (non-hydrogen) atoms. The van der Waals surface area contributed by atoms with E-state index < -0.39 is 0 Å². The zero-order valence-corrected chi connectivity index (χ0v) is 13.8. The molecule has 1 atom stereocenters. The van der Waals surface area contributed by atoms with Crippen molar-refractivity contribution >= 4 is 12.4 Å². The third kappa shape index (κ3) is 3.21. The van der Waals surface area contributed by atoms with Gasteiger partial charge in [-0.3, -0.25) is 0 Å². The quantitative estimate of drug-likeness (QED) is 0.802. The van der Waals surface area contributed by atoms with Crippen LogP contribution in [0.4, 0.5) is 0 Å². The van der Waals surface area contributed by atoms with Gasteiger partial charge in [-0.05, 0) is 43.5 Å². The number of hydrogen-bond acceptors (Lipinski definition) is 3. The van der Waals surface area contributed by atoms with E-state index in [9.17, 15) is 0 Å². The standard InChI is InChI=1S/C16H25NO2.ClH/c1-5-17(6-2)11-12-7-8-14-13(12)9-10-15(18-3)16(14)19-4;/h9-10,12H,5-8,11H2,1-4H3;1H. The lowest BCUT2D eigenvalue weighted by Gasteiger charge is -2.23. The molecule has 0 amide bonds. The van der Waals surface area contributed by atoms with Crippen LogP contribution in [0.1, 0.15) is 37.3 Å². The average Bonchev–Trinajstić information content (AvgIpc) is 2.86. The van der Waals surface area contributed by atoms with E-state index in [1.807, 2.05) is 6.07 Å². The Morgan fingerprint density at radius 2 is 1.85 bits per heavy atom. The minimum Gasteiger partial charge on any atom is -0.493 e. The summed E-state index contributed by atoms with van der Waals surface area (Å²) in [6.45, 7) is 7.85. The molecule has 0 heterocycles. The van der Waals surface area contributed by atoms with Gasteiger partial charge < -0.3 is 14.4 Å². The summed E-state index contributed by atoms with van der Waals surface area (Å²) in [5, 5.41) is 0. The van der Waals surface area contributed by atoms with Gasteiger partial charge in [0, 0.05) is 12.1 Å². The molecule has 114 valence electrons. The number of halogens is 1. The fourth-order valence-corrected chi connectivity index (χ4v) is 3.10. The molecule has 1 aliphatic carbocycles. The zero-order valence-electron chi connectivity index (χ0n) is 12.9. The van der Waals surface area contributed by atoms with Crippen LogP contribution in [-0.4, -0.2) is 38.8 Å². The molecular formula is C16H26ClNO2. The van der Waals surface area contributed by atoms with Gasteiger partial charge in [-0.15, -0.1) is 12.4 Å². The van der Waals surface area contributed by atoms with Gasteiger partial charge >= 0.3 is 0 Å². The topological polar surface area (TPSA) is 21.7 Å². The molecule has 1 aliphatic rings. The second-order valence-electron chi connectivity index (χ2n) is 5.09. The van der Waals surface area contributed by atoms with Crippen LogP contribution in [0.15, 0.2) is 12.1 Å². The second kappa shape index (κ2) is 7.75. The number of fused-ring (bicyclic) bond motifs is 1. The van der Waals surface area contributed by atoms with Crippen molar-refractivity contribution in [3.8, 4) is 11.5 Å². The first kappa shape index (κ1) is 17.1. The van der Waals surface area contributed by atoms with Crippen LogP contribution < -0.4 is 9.47 Å². The molecule has 0 aliphatic heterocycles. The lowest BCUT2D eigenvalue weighted by atomic mass is 10.00. The Morgan fingerprint density at radius 1 is 1.15 bits per heavy atom. The Balaban J connectivity index is 0.00000200. The summed E-state index contributed by atoms with van der Waals surface area (Å²) in [4.78, 5) is 2.50. The Hall–Kier alpha value is -0.930. The number of ether oxygens (including phenoxy) is 2. The van der Waals surface area contributed by atoms with Crippen LogP contribution >= 0.6 is 12.4 Å². The van der Waals surface area contributed by atoms with Crippen LogP contribution in [0.25, 0.3) is 0 Å². The van der Waals surface area contributed by atoms with Crippen molar-refractivity contribution in [2.75, 3.05) is 33.9 Å². The molecule has 0 N–H and O–H groups in total. The summed E-state index contributed by atoms with van der Waals surface area (Å²) in [7, 11) is 3.43. The highest BCUT2D eigenvalue weighted by Gasteiger charge is 2.28. The minimum absolute atomic E-state index is 0. The van der Waals surface area contributed by atoms with Gasteiger partial charge in [0.1, 0.15) is 0 Å². The zero-order chi connectivity index (χ0) is 13.8. The molecule has 1 aromatic rings. The summed E-state index contributed by atoms with van der Waals surface area (Å²) >= 11 is 0. The van der Waals surface area contributed by atoms with Crippen molar-refractivity contribution in [3.05, 3.63) is 23.3 Å². The Kier molecular flexibility index (Phi) is 6.63. The molecule has 4 heteroatoms. The van der Waals surface area contributed by atoms with Gasteiger partial charge in [-0.25, -0.2) is 0 Å². The fraction of sp³-hybridized carbons (Fsp3) is 0.625. The Bertz CT molecular complexity index is 433.